The maximum atomic E-state index is 12.5. The molecule has 3 nitrogen and oxygen atoms in total. The third kappa shape index (κ3) is 1.93. The van der Waals surface area contributed by atoms with Gasteiger partial charge in [-0.05, 0) is 23.6 Å². The molecule has 3 rings (SSSR count). The Morgan fingerprint density at radius 1 is 1.05 bits per heavy atom. The number of fused-ring (bicyclic) bond motifs is 2. The van der Waals surface area contributed by atoms with Gasteiger partial charge in [-0.1, -0.05) is 36.4 Å². The maximum absolute atomic E-state index is 12.5. The number of hydrogen-bond donors (Lipinski definition) is 0. The lowest BCUT2D eigenvalue weighted by Gasteiger charge is -2.20. The minimum absolute atomic E-state index is 0.0753. The van der Waals surface area contributed by atoms with Crippen molar-refractivity contribution >= 4 is 11.8 Å². The van der Waals surface area contributed by atoms with E-state index < -0.39 is 5.97 Å². The topological polar surface area (TPSA) is 43.4 Å². The first kappa shape index (κ1) is 11.7. The molecule has 0 saturated heterocycles. The normalized spacial score (nSPS) is 12.6. The molecule has 0 atom stereocenters. The molecule has 0 bridgehead atoms. The molecular weight excluding hydrogens is 240 g/mol. The van der Waals surface area contributed by atoms with E-state index in [0.717, 1.165) is 11.1 Å². The highest BCUT2D eigenvalue weighted by molar-refractivity contribution is 6.14. The number of carbonyl (C=O) groups excluding carboxylic acids is 2. The zero-order valence-electron chi connectivity index (χ0n) is 10.5. The minimum Gasteiger partial charge on any atom is -0.426 e. The van der Waals surface area contributed by atoms with Crippen molar-refractivity contribution in [2.24, 2.45) is 0 Å². The molecule has 1 aliphatic carbocycles. The predicted molar refractivity (Wildman–Crippen MR) is 70.4 cm³/mol. The van der Waals surface area contributed by atoms with Crippen molar-refractivity contribution in [1.82, 2.24) is 0 Å². The summed E-state index contributed by atoms with van der Waals surface area (Å²) in [4.78, 5) is 23.6. The third-order valence-corrected chi connectivity index (χ3v) is 3.24. The zero-order chi connectivity index (χ0) is 13.4. The molecule has 0 unspecified atom stereocenters. The molecule has 3 heteroatoms. The van der Waals surface area contributed by atoms with Crippen LogP contribution in [0.2, 0.25) is 0 Å². The van der Waals surface area contributed by atoms with Crippen molar-refractivity contribution in [1.29, 1.82) is 0 Å². The quantitative estimate of drug-likeness (QED) is 0.494. The van der Waals surface area contributed by atoms with Gasteiger partial charge < -0.3 is 4.74 Å². The third-order valence-electron chi connectivity index (χ3n) is 3.24. The van der Waals surface area contributed by atoms with Crippen LogP contribution in [0.1, 0.15) is 34.0 Å². The summed E-state index contributed by atoms with van der Waals surface area (Å²) in [6, 6.07) is 12.9. The molecule has 0 aromatic heterocycles. The summed E-state index contributed by atoms with van der Waals surface area (Å²) in [6.07, 6.45) is 0.687. The van der Waals surface area contributed by atoms with Crippen LogP contribution in [-0.2, 0) is 11.2 Å². The summed E-state index contributed by atoms with van der Waals surface area (Å²) in [6.45, 7) is 1.33. The van der Waals surface area contributed by atoms with E-state index in [0.29, 0.717) is 23.3 Å². The first-order valence-corrected chi connectivity index (χ1v) is 6.09. The smallest absolute Gasteiger partial charge is 0.308 e. The van der Waals surface area contributed by atoms with Crippen LogP contribution < -0.4 is 4.74 Å². The van der Waals surface area contributed by atoms with Gasteiger partial charge in [0, 0.05) is 12.5 Å². The summed E-state index contributed by atoms with van der Waals surface area (Å²) in [5.74, 6) is -0.140. The van der Waals surface area contributed by atoms with Gasteiger partial charge in [0.1, 0.15) is 5.75 Å². The Labute approximate surface area is 110 Å². The minimum atomic E-state index is -0.417. The summed E-state index contributed by atoms with van der Waals surface area (Å²) >= 11 is 0. The molecule has 2 aromatic rings. The highest BCUT2D eigenvalue weighted by Gasteiger charge is 2.26. The number of rotatable bonds is 1. The maximum Gasteiger partial charge on any atom is 0.308 e. The molecule has 0 aliphatic heterocycles. The van der Waals surface area contributed by atoms with E-state index in [9.17, 15) is 9.59 Å². The van der Waals surface area contributed by atoms with Crippen molar-refractivity contribution in [3.63, 3.8) is 0 Å². The Kier molecular flexibility index (Phi) is 2.67. The van der Waals surface area contributed by atoms with E-state index in [-0.39, 0.29) is 5.78 Å². The second-order valence-corrected chi connectivity index (χ2v) is 4.55. The van der Waals surface area contributed by atoms with Gasteiger partial charge in [0.05, 0.1) is 5.56 Å². The lowest BCUT2D eigenvalue weighted by molar-refractivity contribution is -0.131. The SMILES string of the molecule is CC(=O)Oc1cccc2c1C(=O)c1ccccc1C2. The van der Waals surface area contributed by atoms with Gasteiger partial charge in [0.15, 0.2) is 5.78 Å². The largest absolute Gasteiger partial charge is 0.426 e. The number of carbonyl (C=O) groups is 2. The van der Waals surface area contributed by atoms with Gasteiger partial charge in [0.25, 0.3) is 0 Å². The molecule has 0 spiro atoms. The van der Waals surface area contributed by atoms with Crippen LogP contribution in [0.4, 0.5) is 0 Å². The van der Waals surface area contributed by atoms with Crippen molar-refractivity contribution < 1.29 is 14.3 Å². The Balaban J connectivity index is 2.16. The van der Waals surface area contributed by atoms with Gasteiger partial charge in [-0.15, -0.1) is 0 Å². The van der Waals surface area contributed by atoms with Crippen LogP contribution in [-0.4, -0.2) is 11.8 Å². The molecular formula is C16H12O3. The van der Waals surface area contributed by atoms with E-state index in [1.54, 1.807) is 12.1 Å². The first-order valence-electron chi connectivity index (χ1n) is 6.09. The number of esters is 1. The Morgan fingerprint density at radius 2 is 1.79 bits per heavy atom. The van der Waals surface area contributed by atoms with Crippen molar-refractivity contribution in [2.45, 2.75) is 13.3 Å². The fraction of sp³-hybridized carbons (Fsp3) is 0.125. The van der Waals surface area contributed by atoms with Crippen LogP contribution in [0.5, 0.6) is 5.75 Å². The average Bonchev–Trinajstić information content (AvgIpc) is 2.38. The summed E-state index contributed by atoms with van der Waals surface area (Å²) in [7, 11) is 0. The highest BCUT2D eigenvalue weighted by Crippen LogP contribution is 2.33. The van der Waals surface area contributed by atoms with Gasteiger partial charge in [-0.25, -0.2) is 0 Å². The number of ether oxygens (including phenoxy) is 1. The number of hydrogen-bond acceptors (Lipinski definition) is 3. The Bertz CT molecular complexity index is 686. The molecule has 0 N–H and O–H groups in total. The van der Waals surface area contributed by atoms with E-state index in [1.807, 2.05) is 30.3 Å². The van der Waals surface area contributed by atoms with Crippen LogP contribution >= 0.6 is 0 Å². The first-order chi connectivity index (χ1) is 9.16. The van der Waals surface area contributed by atoms with Crippen molar-refractivity contribution in [2.75, 3.05) is 0 Å². The predicted octanol–water partition coefficient (Wildman–Crippen LogP) is 2.75. The lowest BCUT2D eigenvalue weighted by Crippen LogP contribution is -2.17. The fourth-order valence-corrected chi connectivity index (χ4v) is 2.46. The summed E-state index contributed by atoms with van der Waals surface area (Å²) < 4.78 is 5.14. The van der Waals surface area contributed by atoms with Crippen LogP contribution in [0.25, 0.3) is 0 Å². The molecule has 0 amide bonds. The fourth-order valence-electron chi connectivity index (χ4n) is 2.46. The number of ketones is 1. The van der Waals surface area contributed by atoms with Gasteiger partial charge in [0.2, 0.25) is 0 Å². The van der Waals surface area contributed by atoms with Crippen molar-refractivity contribution in [3.05, 3.63) is 64.7 Å². The molecule has 19 heavy (non-hydrogen) atoms. The Morgan fingerprint density at radius 3 is 2.58 bits per heavy atom. The number of benzene rings is 2. The summed E-state index contributed by atoms with van der Waals surface area (Å²) in [5, 5.41) is 0. The molecule has 0 heterocycles. The van der Waals surface area contributed by atoms with E-state index >= 15 is 0 Å². The average molecular weight is 252 g/mol. The monoisotopic (exact) mass is 252 g/mol. The van der Waals surface area contributed by atoms with E-state index in [2.05, 4.69) is 0 Å². The second-order valence-electron chi connectivity index (χ2n) is 4.55. The molecule has 2 aromatic carbocycles. The standard InChI is InChI=1S/C16H12O3/c1-10(17)19-14-8-4-6-12-9-11-5-2-3-7-13(11)16(18)15(12)14/h2-8H,9H2,1H3. The van der Waals surface area contributed by atoms with Crippen LogP contribution in [0.3, 0.4) is 0 Å². The van der Waals surface area contributed by atoms with Gasteiger partial charge in [-0.3, -0.25) is 9.59 Å². The lowest BCUT2D eigenvalue weighted by atomic mass is 9.84. The van der Waals surface area contributed by atoms with Crippen LogP contribution in [0, 0.1) is 0 Å². The van der Waals surface area contributed by atoms with Crippen LogP contribution in [0.15, 0.2) is 42.5 Å². The molecule has 1 aliphatic rings. The Hall–Kier alpha value is -2.42. The zero-order valence-corrected chi connectivity index (χ0v) is 10.5. The van der Waals surface area contributed by atoms with E-state index in [4.69, 9.17) is 4.74 Å². The van der Waals surface area contributed by atoms with Gasteiger partial charge >= 0.3 is 5.97 Å². The van der Waals surface area contributed by atoms with Crippen molar-refractivity contribution in [3.8, 4) is 5.75 Å². The summed E-state index contributed by atoms with van der Waals surface area (Å²) in [5.41, 5.74) is 3.12. The highest BCUT2D eigenvalue weighted by atomic mass is 16.5. The molecule has 94 valence electrons. The molecule has 0 fully saturated rings. The van der Waals surface area contributed by atoms with E-state index in [1.165, 1.54) is 6.92 Å². The van der Waals surface area contributed by atoms with Gasteiger partial charge in [-0.2, -0.15) is 0 Å². The second kappa shape index (κ2) is 4.35. The molecule has 0 saturated carbocycles. The molecule has 0 radical (unpaired) electrons.